The van der Waals surface area contributed by atoms with Crippen molar-refractivity contribution < 1.29 is 14.9 Å². The van der Waals surface area contributed by atoms with Gasteiger partial charge in [-0.2, -0.15) is 5.26 Å². The summed E-state index contributed by atoms with van der Waals surface area (Å²) in [6.45, 7) is 8.31. The van der Waals surface area contributed by atoms with E-state index in [1.165, 1.54) is 0 Å². The molecule has 0 saturated heterocycles. The number of rotatable bonds is 4. The molecule has 0 radical (unpaired) electrons. The molecule has 13 heavy (non-hydrogen) atoms. The van der Waals surface area contributed by atoms with E-state index in [1.54, 1.807) is 0 Å². The van der Waals surface area contributed by atoms with Crippen molar-refractivity contribution in [1.82, 2.24) is 0 Å². The largest absolute Gasteiger partial charge is 0.345 e. The van der Waals surface area contributed by atoms with Gasteiger partial charge in [-0.1, -0.05) is 27.7 Å². The molecule has 0 rings (SSSR count). The molecular weight excluding hydrogens is 168 g/mol. The number of hydrogen-bond donors (Lipinski definition) is 1. The third-order valence-electron chi connectivity index (χ3n) is 2.16. The Kier molecular flexibility index (Phi) is 4.99. The van der Waals surface area contributed by atoms with E-state index in [0.29, 0.717) is 0 Å². The first kappa shape index (κ1) is 12.4. The minimum Gasteiger partial charge on any atom is -0.301 e. The van der Waals surface area contributed by atoms with Crippen LogP contribution < -0.4 is 0 Å². The molecule has 0 aromatic carbocycles. The molecule has 0 aromatic rings. The molecule has 0 spiro atoms. The van der Waals surface area contributed by atoms with Gasteiger partial charge in [0.15, 0.2) is 0 Å². The zero-order valence-electron chi connectivity index (χ0n) is 8.96. The van der Waals surface area contributed by atoms with Crippen LogP contribution in [0.3, 0.4) is 0 Å². The van der Waals surface area contributed by atoms with Gasteiger partial charge in [-0.15, -0.1) is 0 Å². The van der Waals surface area contributed by atoms with Crippen molar-refractivity contribution in [3.8, 4) is 0 Å². The van der Waals surface area contributed by atoms with E-state index in [4.69, 9.17) is 5.26 Å². The number of carbonyl (C=O) groups excluding carboxylic acids is 1. The van der Waals surface area contributed by atoms with Gasteiger partial charge < -0.3 is 4.89 Å². The van der Waals surface area contributed by atoms with Gasteiger partial charge in [0.1, 0.15) is 0 Å². The first-order valence-corrected chi connectivity index (χ1v) is 4.76. The fourth-order valence-corrected chi connectivity index (χ4v) is 1.17. The highest BCUT2D eigenvalue weighted by Gasteiger charge is 2.21. The highest BCUT2D eigenvalue weighted by Crippen LogP contribution is 2.25. The molecule has 0 saturated carbocycles. The summed E-state index contributed by atoms with van der Waals surface area (Å²) in [5.41, 5.74) is 0.225. The maximum Gasteiger partial charge on any atom is 0.345 e. The summed E-state index contributed by atoms with van der Waals surface area (Å²) in [5.74, 6) is -0.670. The second-order valence-corrected chi connectivity index (χ2v) is 4.61. The summed E-state index contributed by atoms with van der Waals surface area (Å²) in [6, 6.07) is 0. The van der Waals surface area contributed by atoms with Crippen molar-refractivity contribution >= 4 is 5.97 Å². The molecule has 0 fully saturated rings. The Morgan fingerprint density at radius 1 is 1.46 bits per heavy atom. The smallest absolute Gasteiger partial charge is 0.301 e. The van der Waals surface area contributed by atoms with Crippen LogP contribution in [-0.2, 0) is 9.68 Å². The van der Waals surface area contributed by atoms with Gasteiger partial charge in [0.25, 0.3) is 0 Å². The fraction of sp³-hybridized carbons (Fsp3) is 0.900. The molecule has 0 amide bonds. The Balaban J connectivity index is 3.93. The van der Waals surface area contributed by atoms with Gasteiger partial charge in [0.2, 0.25) is 0 Å². The molecule has 1 unspecified atom stereocenters. The molecule has 0 aliphatic heterocycles. The van der Waals surface area contributed by atoms with Crippen LogP contribution in [0.5, 0.6) is 0 Å². The molecule has 1 atom stereocenters. The Morgan fingerprint density at radius 3 is 2.31 bits per heavy atom. The molecule has 0 aliphatic carbocycles. The molecule has 0 aliphatic rings. The number of carbonyl (C=O) groups is 1. The first-order chi connectivity index (χ1) is 5.90. The second-order valence-electron chi connectivity index (χ2n) is 4.61. The lowest BCUT2D eigenvalue weighted by molar-refractivity contribution is -0.239. The summed E-state index contributed by atoms with van der Waals surface area (Å²) in [6.07, 6.45) is 2.45. The third kappa shape index (κ3) is 5.64. The first-order valence-electron chi connectivity index (χ1n) is 4.76. The lowest BCUT2D eigenvalue weighted by Gasteiger charge is -2.20. The van der Waals surface area contributed by atoms with Crippen LogP contribution in [0.25, 0.3) is 0 Å². The van der Waals surface area contributed by atoms with Gasteiger partial charge in [-0.25, -0.2) is 4.79 Å². The Hall–Kier alpha value is -0.570. The molecule has 0 aromatic heterocycles. The van der Waals surface area contributed by atoms with Gasteiger partial charge in [-0.3, -0.25) is 0 Å². The summed E-state index contributed by atoms with van der Waals surface area (Å²) >= 11 is 0. The van der Waals surface area contributed by atoms with Crippen molar-refractivity contribution in [2.24, 2.45) is 11.3 Å². The average molecular weight is 188 g/mol. The Labute approximate surface area is 80.0 Å². The Morgan fingerprint density at radius 2 is 2.00 bits per heavy atom. The predicted octanol–water partition coefficient (Wildman–Crippen LogP) is 2.86. The second kappa shape index (κ2) is 5.22. The van der Waals surface area contributed by atoms with Crippen molar-refractivity contribution in [3.63, 3.8) is 0 Å². The van der Waals surface area contributed by atoms with Crippen LogP contribution in [0.15, 0.2) is 0 Å². The Bertz CT molecular complexity index is 158. The lowest BCUT2D eigenvalue weighted by Crippen LogP contribution is -2.18. The van der Waals surface area contributed by atoms with Crippen molar-refractivity contribution in [2.75, 3.05) is 0 Å². The molecular formula is C10H20O3. The van der Waals surface area contributed by atoms with Gasteiger partial charge >= 0.3 is 5.97 Å². The molecule has 0 bridgehead atoms. The SMILES string of the molecule is CCC(CCC(C)(C)C)C(=O)OO. The molecule has 78 valence electrons. The van der Waals surface area contributed by atoms with Crippen LogP contribution in [0.2, 0.25) is 0 Å². The zero-order valence-corrected chi connectivity index (χ0v) is 8.96. The molecule has 3 nitrogen and oxygen atoms in total. The molecule has 1 N–H and O–H groups in total. The minimum absolute atomic E-state index is 0.163. The van der Waals surface area contributed by atoms with Gasteiger partial charge in [0, 0.05) is 0 Å². The van der Waals surface area contributed by atoms with E-state index in [1.807, 2.05) is 6.92 Å². The van der Waals surface area contributed by atoms with Gasteiger partial charge in [0.05, 0.1) is 5.92 Å². The van der Waals surface area contributed by atoms with E-state index in [9.17, 15) is 4.79 Å². The third-order valence-corrected chi connectivity index (χ3v) is 2.16. The standard InChI is InChI=1S/C10H20O3/c1-5-8(9(11)13-12)6-7-10(2,3)4/h8,12H,5-7H2,1-4H3. The average Bonchev–Trinajstić information content (AvgIpc) is 2.03. The van der Waals surface area contributed by atoms with E-state index in [0.717, 1.165) is 19.3 Å². The topological polar surface area (TPSA) is 46.5 Å². The van der Waals surface area contributed by atoms with Crippen LogP contribution in [0.1, 0.15) is 47.0 Å². The molecule has 0 heterocycles. The van der Waals surface area contributed by atoms with E-state index in [-0.39, 0.29) is 11.3 Å². The normalized spacial score (nSPS) is 13.9. The summed E-state index contributed by atoms with van der Waals surface area (Å²) in [5, 5.41) is 8.22. The van der Waals surface area contributed by atoms with E-state index in [2.05, 4.69) is 25.7 Å². The van der Waals surface area contributed by atoms with Crippen LogP contribution in [0.4, 0.5) is 0 Å². The van der Waals surface area contributed by atoms with E-state index >= 15 is 0 Å². The monoisotopic (exact) mass is 188 g/mol. The van der Waals surface area contributed by atoms with Crippen LogP contribution in [-0.4, -0.2) is 11.2 Å². The van der Waals surface area contributed by atoms with Crippen LogP contribution in [0, 0.1) is 11.3 Å². The lowest BCUT2D eigenvalue weighted by atomic mass is 9.86. The maximum absolute atomic E-state index is 11.0. The highest BCUT2D eigenvalue weighted by atomic mass is 17.1. The minimum atomic E-state index is -0.508. The number of hydrogen-bond acceptors (Lipinski definition) is 3. The summed E-state index contributed by atoms with van der Waals surface area (Å²) < 4.78 is 0. The fourth-order valence-electron chi connectivity index (χ4n) is 1.17. The predicted molar refractivity (Wildman–Crippen MR) is 51.2 cm³/mol. The van der Waals surface area contributed by atoms with Crippen molar-refractivity contribution in [3.05, 3.63) is 0 Å². The summed E-state index contributed by atoms with van der Waals surface area (Å²) in [7, 11) is 0. The van der Waals surface area contributed by atoms with E-state index < -0.39 is 5.97 Å². The highest BCUT2D eigenvalue weighted by molar-refractivity contribution is 5.71. The van der Waals surface area contributed by atoms with Crippen LogP contribution >= 0.6 is 0 Å². The van der Waals surface area contributed by atoms with Crippen molar-refractivity contribution in [1.29, 1.82) is 0 Å². The van der Waals surface area contributed by atoms with Crippen molar-refractivity contribution in [2.45, 2.75) is 47.0 Å². The summed E-state index contributed by atoms with van der Waals surface area (Å²) in [4.78, 5) is 14.7. The zero-order chi connectivity index (χ0) is 10.5. The molecule has 3 heteroatoms. The maximum atomic E-state index is 11.0. The quantitative estimate of drug-likeness (QED) is 0.545. The van der Waals surface area contributed by atoms with Gasteiger partial charge in [-0.05, 0) is 24.7 Å².